The Bertz CT molecular complexity index is 556. The fourth-order valence-corrected chi connectivity index (χ4v) is 3.99. The molecule has 0 amide bonds. The molecule has 3 heterocycles. The summed E-state index contributed by atoms with van der Waals surface area (Å²) >= 11 is 3.30. The summed E-state index contributed by atoms with van der Waals surface area (Å²) in [6.45, 7) is 5.22. The Morgan fingerprint density at radius 2 is 2.43 bits per heavy atom. The number of ether oxygens (including phenoxy) is 1. The van der Waals surface area contributed by atoms with E-state index in [9.17, 15) is 5.11 Å². The molecule has 2 atom stereocenters. The van der Waals surface area contributed by atoms with E-state index in [1.807, 2.05) is 24.4 Å². The first-order valence-corrected chi connectivity index (χ1v) is 8.92. The summed E-state index contributed by atoms with van der Waals surface area (Å²) in [4.78, 5) is 7.96. The van der Waals surface area contributed by atoms with Crippen molar-refractivity contribution in [2.45, 2.75) is 32.0 Å². The largest absolute Gasteiger partial charge is 0.388 e. The van der Waals surface area contributed by atoms with Gasteiger partial charge in [0.05, 0.1) is 30.0 Å². The van der Waals surface area contributed by atoms with E-state index in [0.29, 0.717) is 13.0 Å². The van der Waals surface area contributed by atoms with Crippen molar-refractivity contribution in [3.8, 4) is 0 Å². The minimum atomic E-state index is -0.406. The number of nitrogens with zero attached hydrogens (tertiary/aromatic N) is 2. The highest BCUT2D eigenvalue weighted by Gasteiger charge is 2.26. The quantitative estimate of drug-likeness (QED) is 0.918. The molecule has 21 heavy (non-hydrogen) atoms. The van der Waals surface area contributed by atoms with E-state index in [-0.39, 0.29) is 6.04 Å². The lowest BCUT2D eigenvalue weighted by Crippen LogP contribution is -2.45. The summed E-state index contributed by atoms with van der Waals surface area (Å²) in [5.74, 6) is 0. The first kappa shape index (κ1) is 15.1. The van der Waals surface area contributed by atoms with Gasteiger partial charge in [0, 0.05) is 29.4 Å². The Kier molecular flexibility index (Phi) is 5.03. The van der Waals surface area contributed by atoms with Gasteiger partial charge in [-0.1, -0.05) is 6.07 Å². The van der Waals surface area contributed by atoms with Crippen LogP contribution in [0.15, 0.2) is 22.9 Å². The third-order valence-electron chi connectivity index (χ3n) is 3.75. The van der Waals surface area contributed by atoms with Crippen molar-refractivity contribution in [1.82, 2.24) is 9.88 Å². The van der Waals surface area contributed by atoms with E-state index in [1.54, 1.807) is 22.7 Å². The predicted molar refractivity (Wildman–Crippen MR) is 85.8 cm³/mol. The molecule has 0 bridgehead atoms. The summed E-state index contributed by atoms with van der Waals surface area (Å²) in [6, 6.07) is 4.22. The molecule has 1 N–H and O–H groups in total. The van der Waals surface area contributed by atoms with Crippen LogP contribution in [0.2, 0.25) is 0 Å². The van der Waals surface area contributed by atoms with Gasteiger partial charge in [-0.25, -0.2) is 4.98 Å². The highest BCUT2D eigenvalue weighted by Crippen LogP contribution is 2.26. The third-order valence-corrected chi connectivity index (χ3v) is 5.54. The Hall–Kier alpha value is -0.790. The average molecular weight is 324 g/mol. The molecule has 0 saturated carbocycles. The molecule has 4 nitrogen and oxygen atoms in total. The van der Waals surface area contributed by atoms with Crippen molar-refractivity contribution in [3.63, 3.8) is 0 Å². The lowest BCUT2D eigenvalue weighted by atomic mass is 10.1. The van der Waals surface area contributed by atoms with Crippen molar-refractivity contribution in [3.05, 3.63) is 38.5 Å². The molecule has 2 aromatic heterocycles. The molecule has 1 aliphatic rings. The molecule has 1 aliphatic heterocycles. The van der Waals surface area contributed by atoms with Crippen molar-refractivity contribution in [2.75, 3.05) is 19.8 Å². The molecular formula is C15H20N2O2S2. The van der Waals surface area contributed by atoms with Gasteiger partial charge in [-0.3, -0.25) is 4.90 Å². The number of thiophene rings is 1. The first-order valence-electron chi connectivity index (χ1n) is 7.16. The molecular weight excluding hydrogens is 304 g/mol. The number of aliphatic hydroxyl groups is 1. The maximum atomic E-state index is 10.4. The lowest BCUT2D eigenvalue weighted by Gasteiger charge is -2.36. The maximum absolute atomic E-state index is 10.4. The van der Waals surface area contributed by atoms with Crippen LogP contribution >= 0.6 is 22.7 Å². The molecule has 1 fully saturated rings. The zero-order valence-electron chi connectivity index (χ0n) is 12.1. The predicted octanol–water partition coefficient (Wildman–Crippen LogP) is 2.84. The van der Waals surface area contributed by atoms with Gasteiger partial charge < -0.3 is 9.84 Å². The summed E-state index contributed by atoms with van der Waals surface area (Å²) < 4.78 is 5.61. The van der Waals surface area contributed by atoms with Crippen LogP contribution in [0.5, 0.6) is 0 Å². The first-order chi connectivity index (χ1) is 10.2. The highest BCUT2D eigenvalue weighted by atomic mass is 32.1. The van der Waals surface area contributed by atoms with Crippen molar-refractivity contribution in [2.24, 2.45) is 0 Å². The van der Waals surface area contributed by atoms with Crippen LogP contribution < -0.4 is 0 Å². The second-order valence-corrected chi connectivity index (χ2v) is 7.37. The van der Waals surface area contributed by atoms with Gasteiger partial charge in [0.15, 0.2) is 0 Å². The minimum absolute atomic E-state index is 0.248. The van der Waals surface area contributed by atoms with Gasteiger partial charge in [-0.05, 0) is 24.8 Å². The third kappa shape index (κ3) is 3.90. The number of aliphatic hydroxyl groups excluding tert-OH is 1. The van der Waals surface area contributed by atoms with E-state index in [1.165, 1.54) is 0 Å². The Labute approximate surface area is 133 Å². The Morgan fingerprint density at radius 1 is 1.52 bits per heavy atom. The number of thiazole rings is 1. The van der Waals surface area contributed by atoms with Crippen LogP contribution in [-0.4, -0.2) is 40.8 Å². The van der Waals surface area contributed by atoms with Crippen molar-refractivity contribution in [1.29, 1.82) is 0 Å². The maximum Gasteiger partial charge on any atom is 0.0897 e. The SMILES string of the molecule is Cc1nc(CN2CCOC[C@H]2C[C@H](O)c2cccs2)cs1. The zero-order valence-corrected chi connectivity index (χ0v) is 13.7. The average Bonchev–Trinajstić information content (AvgIpc) is 3.13. The number of morpholine rings is 1. The zero-order chi connectivity index (χ0) is 14.7. The molecule has 1 saturated heterocycles. The summed E-state index contributed by atoms with van der Waals surface area (Å²) in [6.07, 6.45) is 0.306. The molecule has 6 heteroatoms. The smallest absolute Gasteiger partial charge is 0.0897 e. The number of hydrogen-bond acceptors (Lipinski definition) is 6. The summed E-state index contributed by atoms with van der Waals surface area (Å²) in [7, 11) is 0. The highest BCUT2D eigenvalue weighted by molar-refractivity contribution is 7.10. The second kappa shape index (κ2) is 6.98. The van der Waals surface area contributed by atoms with Crippen molar-refractivity contribution >= 4 is 22.7 Å². The summed E-state index contributed by atoms with van der Waals surface area (Å²) in [5.41, 5.74) is 1.12. The van der Waals surface area contributed by atoms with E-state index in [2.05, 4.69) is 15.3 Å². The van der Waals surface area contributed by atoms with Gasteiger partial charge in [0.1, 0.15) is 0 Å². The van der Waals surface area contributed by atoms with Gasteiger partial charge in [-0.15, -0.1) is 22.7 Å². The number of aryl methyl sites for hydroxylation is 1. The topological polar surface area (TPSA) is 45.6 Å². The number of rotatable bonds is 5. The van der Waals surface area contributed by atoms with E-state index in [4.69, 9.17) is 4.74 Å². The van der Waals surface area contributed by atoms with E-state index < -0.39 is 6.10 Å². The van der Waals surface area contributed by atoms with Gasteiger partial charge >= 0.3 is 0 Å². The van der Waals surface area contributed by atoms with Crippen LogP contribution in [0.3, 0.4) is 0 Å². The minimum Gasteiger partial charge on any atom is -0.388 e. The summed E-state index contributed by atoms with van der Waals surface area (Å²) in [5, 5.41) is 15.6. The Morgan fingerprint density at radius 3 is 3.14 bits per heavy atom. The molecule has 3 rings (SSSR count). The molecule has 0 radical (unpaired) electrons. The molecule has 0 unspecified atom stereocenters. The van der Waals surface area contributed by atoms with E-state index >= 15 is 0 Å². The van der Waals surface area contributed by atoms with E-state index in [0.717, 1.165) is 35.3 Å². The molecule has 2 aromatic rings. The standard InChI is InChI=1S/C15H20N2O2S2/c1-11-16-12(10-21-11)8-17-4-5-19-9-13(17)7-14(18)15-3-2-6-20-15/h2-3,6,10,13-14,18H,4-5,7-9H2,1H3/t13-,14+/m1/s1. The second-order valence-electron chi connectivity index (χ2n) is 5.32. The van der Waals surface area contributed by atoms with Gasteiger partial charge in [0.25, 0.3) is 0 Å². The monoisotopic (exact) mass is 324 g/mol. The van der Waals surface area contributed by atoms with Crippen LogP contribution in [0.1, 0.15) is 28.1 Å². The molecule has 0 aromatic carbocycles. The van der Waals surface area contributed by atoms with Crippen LogP contribution in [0.4, 0.5) is 0 Å². The lowest BCUT2D eigenvalue weighted by molar-refractivity contribution is -0.0300. The van der Waals surface area contributed by atoms with Gasteiger partial charge in [-0.2, -0.15) is 0 Å². The molecule has 0 spiro atoms. The molecule has 0 aliphatic carbocycles. The fourth-order valence-electron chi connectivity index (χ4n) is 2.66. The Balaban J connectivity index is 1.63. The normalized spacial score (nSPS) is 21.5. The number of hydrogen-bond donors (Lipinski definition) is 1. The number of aromatic nitrogens is 1. The fraction of sp³-hybridized carbons (Fsp3) is 0.533. The van der Waals surface area contributed by atoms with Crippen LogP contribution in [0.25, 0.3) is 0 Å². The van der Waals surface area contributed by atoms with Gasteiger partial charge in [0.2, 0.25) is 0 Å². The molecule has 114 valence electrons. The van der Waals surface area contributed by atoms with Crippen LogP contribution in [0, 0.1) is 6.92 Å². The van der Waals surface area contributed by atoms with Crippen LogP contribution in [-0.2, 0) is 11.3 Å². The van der Waals surface area contributed by atoms with Crippen molar-refractivity contribution < 1.29 is 9.84 Å².